The van der Waals surface area contributed by atoms with E-state index in [9.17, 15) is 19.2 Å². The van der Waals surface area contributed by atoms with Gasteiger partial charge in [0.05, 0.1) is 29.0 Å². The SMILES string of the molecule is C[C@@H](OC(=O)CCN1C(=O)[C@H]2CCCC[C@H]2C1=O)C(=O)Nc1ccccc1Cl. The smallest absolute Gasteiger partial charge is 0.308 e. The number of carbonyl (C=O) groups excluding carboxylic acids is 4. The quantitative estimate of drug-likeness (QED) is 0.579. The Morgan fingerprint density at radius 3 is 2.39 bits per heavy atom. The van der Waals surface area contributed by atoms with Crippen LogP contribution in [-0.2, 0) is 23.9 Å². The van der Waals surface area contributed by atoms with Crippen LogP contribution in [0, 0.1) is 11.8 Å². The van der Waals surface area contributed by atoms with E-state index < -0.39 is 18.0 Å². The fraction of sp³-hybridized carbons (Fsp3) is 0.500. The highest BCUT2D eigenvalue weighted by Crippen LogP contribution is 2.38. The number of hydrogen-bond acceptors (Lipinski definition) is 5. The van der Waals surface area contributed by atoms with E-state index in [-0.39, 0.29) is 36.6 Å². The Bertz CT molecular complexity index is 773. The lowest BCUT2D eigenvalue weighted by atomic mass is 9.81. The zero-order valence-corrected chi connectivity index (χ0v) is 16.4. The molecule has 1 saturated carbocycles. The van der Waals surface area contributed by atoms with Crippen molar-refractivity contribution < 1.29 is 23.9 Å². The molecule has 7 nitrogen and oxygen atoms in total. The molecule has 0 unspecified atom stereocenters. The maximum atomic E-state index is 12.4. The summed E-state index contributed by atoms with van der Waals surface area (Å²) in [6, 6.07) is 6.73. The van der Waals surface area contributed by atoms with Crippen molar-refractivity contribution >= 4 is 41.0 Å². The molecule has 1 aromatic carbocycles. The van der Waals surface area contributed by atoms with Crippen molar-refractivity contribution in [1.82, 2.24) is 4.90 Å². The predicted octanol–water partition coefficient (Wildman–Crippen LogP) is 2.78. The van der Waals surface area contributed by atoms with Gasteiger partial charge in [0, 0.05) is 6.54 Å². The van der Waals surface area contributed by atoms with Gasteiger partial charge < -0.3 is 10.1 Å². The first-order valence-electron chi connectivity index (χ1n) is 9.48. The van der Waals surface area contributed by atoms with Crippen molar-refractivity contribution in [2.45, 2.75) is 45.1 Å². The molecule has 0 spiro atoms. The number of hydrogen-bond donors (Lipinski definition) is 1. The Morgan fingerprint density at radius 1 is 1.18 bits per heavy atom. The second kappa shape index (κ2) is 8.73. The maximum absolute atomic E-state index is 12.4. The van der Waals surface area contributed by atoms with Crippen molar-refractivity contribution in [2.24, 2.45) is 11.8 Å². The molecular formula is C20H23ClN2O5. The molecule has 1 saturated heterocycles. The Balaban J connectivity index is 1.48. The van der Waals surface area contributed by atoms with E-state index in [1.165, 1.54) is 11.8 Å². The van der Waals surface area contributed by atoms with Crippen LogP contribution in [0.25, 0.3) is 0 Å². The molecule has 28 heavy (non-hydrogen) atoms. The number of amides is 3. The zero-order chi connectivity index (χ0) is 20.3. The number of rotatable bonds is 6. The number of likely N-dealkylation sites (tertiary alicyclic amines) is 1. The molecule has 0 bridgehead atoms. The normalized spacial score (nSPS) is 22.6. The summed E-state index contributed by atoms with van der Waals surface area (Å²) in [5.74, 6) is -2.01. The van der Waals surface area contributed by atoms with Crippen LogP contribution in [0.3, 0.4) is 0 Å². The van der Waals surface area contributed by atoms with Crippen LogP contribution in [0.2, 0.25) is 5.02 Å². The summed E-state index contributed by atoms with van der Waals surface area (Å²) < 4.78 is 5.13. The van der Waals surface area contributed by atoms with Gasteiger partial charge in [0.25, 0.3) is 5.91 Å². The van der Waals surface area contributed by atoms with E-state index in [0.717, 1.165) is 25.7 Å². The number of nitrogens with one attached hydrogen (secondary N) is 1. The molecule has 3 rings (SSSR count). The van der Waals surface area contributed by atoms with Crippen LogP contribution in [0.4, 0.5) is 5.69 Å². The van der Waals surface area contributed by atoms with E-state index in [4.69, 9.17) is 16.3 Å². The van der Waals surface area contributed by atoms with Crippen LogP contribution >= 0.6 is 11.6 Å². The highest BCUT2D eigenvalue weighted by molar-refractivity contribution is 6.33. The number of halogens is 1. The summed E-state index contributed by atoms with van der Waals surface area (Å²) in [5, 5.41) is 2.97. The number of carbonyl (C=O) groups is 4. The van der Waals surface area contributed by atoms with Crippen LogP contribution in [-0.4, -0.2) is 41.2 Å². The fourth-order valence-electron chi connectivity index (χ4n) is 3.76. The highest BCUT2D eigenvalue weighted by atomic mass is 35.5. The zero-order valence-electron chi connectivity index (χ0n) is 15.7. The average molecular weight is 407 g/mol. The van der Waals surface area contributed by atoms with Crippen LogP contribution in [0.1, 0.15) is 39.0 Å². The molecule has 150 valence electrons. The molecule has 8 heteroatoms. The minimum atomic E-state index is -1.03. The summed E-state index contributed by atoms with van der Waals surface area (Å²) in [7, 11) is 0. The summed E-state index contributed by atoms with van der Waals surface area (Å²) in [6.45, 7) is 1.44. The van der Waals surface area contributed by atoms with E-state index in [2.05, 4.69) is 5.32 Å². The lowest BCUT2D eigenvalue weighted by molar-refractivity contribution is -0.154. The largest absolute Gasteiger partial charge is 0.452 e. The topological polar surface area (TPSA) is 92.8 Å². The molecule has 2 fully saturated rings. The lowest BCUT2D eigenvalue weighted by Crippen LogP contribution is -2.35. The average Bonchev–Trinajstić information content (AvgIpc) is 2.92. The summed E-state index contributed by atoms with van der Waals surface area (Å²) >= 11 is 5.99. The van der Waals surface area contributed by atoms with Gasteiger partial charge >= 0.3 is 5.97 Å². The van der Waals surface area contributed by atoms with E-state index in [0.29, 0.717) is 10.7 Å². The van der Waals surface area contributed by atoms with Gasteiger partial charge in [-0.05, 0) is 31.9 Å². The molecule has 0 radical (unpaired) electrons. The van der Waals surface area contributed by atoms with Gasteiger partial charge in [0.1, 0.15) is 0 Å². The predicted molar refractivity (Wildman–Crippen MR) is 102 cm³/mol. The second-order valence-corrected chi connectivity index (χ2v) is 7.58. The summed E-state index contributed by atoms with van der Waals surface area (Å²) in [6.07, 6.45) is 2.20. The fourth-order valence-corrected chi connectivity index (χ4v) is 3.94. The number of imide groups is 1. The number of para-hydroxylation sites is 1. The number of anilines is 1. The molecule has 1 aliphatic carbocycles. The first-order valence-corrected chi connectivity index (χ1v) is 9.86. The molecular weight excluding hydrogens is 384 g/mol. The molecule has 0 aromatic heterocycles. The number of benzene rings is 1. The van der Waals surface area contributed by atoms with Gasteiger partial charge in [-0.1, -0.05) is 36.6 Å². The van der Waals surface area contributed by atoms with Crippen LogP contribution in [0.15, 0.2) is 24.3 Å². The van der Waals surface area contributed by atoms with E-state index >= 15 is 0 Å². The van der Waals surface area contributed by atoms with E-state index in [1.807, 2.05) is 0 Å². The highest BCUT2D eigenvalue weighted by Gasteiger charge is 2.47. The Labute approximate surface area is 168 Å². The monoisotopic (exact) mass is 406 g/mol. The first kappa shape index (κ1) is 20.3. The van der Waals surface area contributed by atoms with Crippen LogP contribution in [0.5, 0.6) is 0 Å². The molecule has 3 amide bonds. The molecule has 1 heterocycles. The third-order valence-corrected chi connectivity index (χ3v) is 5.61. The van der Waals surface area contributed by atoms with Crippen LogP contribution < -0.4 is 5.32 Å². The van der Waals surface area contributed by atoms with Gasteiger partial charge in [-0.25, -0.2) is 0 Å². The Kier molecular flexibility index (Phi) is 6.34. The molecule has 1 N–H and O–H groups in total. The van der Waals surface area contributed by atoms with Gasteiger partial charge in [-0.2, -0.15) is 0 Å². The van der Waals surface area contributed by atoms with Crippen molar-refractivity contribution in [1.29, 1.82) is 0 Å². The Morgan fingerprint density at radius 2 is 1.79 bits per heavy atom. The minimum absolute atomic E-state index is 0.0116. The third-order valence-electron chi connectivity index (χ3n) is 5.28. The van der Waals surface area contributed by atoms with Gasteiger partial charge in [-0.15, -0.1) is 0 Å². The first-order chi connectivity index (χ1) is 13.4. The van der Waals surface area contributed by atoms with Crippen molar-refractivity contribution in [2.75, 3.05) is 11.9 Å². The van der Waals surface area contributed by atoms with E-state index in [1.54, 1.807) is 24.3 Å². The summed E-state index contributed by atoms with van der Waals surface area (Å²) in [5.41, 5.74) is 0.424. The third kappa shape index (κ3) is 4.35. The van der Waals surface area contributed by atoms with Crippen molar-refractivity contribution in [3.63, 3.8) is 0 Å². The van der Waals surface area contributed by atoms with Crippen molar-refractivity contribution in [3.05, 3.63) is 29.3 Å². The standard InChI is InChI=1S/C20H23ClN2O5/c1-12(18(25)22-16-9-5-4-8-15(16)21)28-17(24)10-11-23-19(26)13-6-2-3-7-14(13)20(23)27/h4-5,8-9,12-14H,2-3,6-7,10-11H2,1H3,(H,22,25)/t12-,13-,14+/m1/s1. The molecule has 1 aliphatic heterocycles. The van der Waals surface area contributed by atoms with Gasteiger partial charge in [0.2, 0.25) is 11.8 Å². The van der Waals surface area contributed by atoms with Crippen molar-refractivity contribution in [3.8, 4) is 0 Å². The molecule has 1 aromatic rings. The number of nitrogens with zero attached hydrogens (tertiary/aromatic N) is 1. The minimum Gasteiger partial charge on any atom is -0.452 e. The second-order valence-electron chi connectivity index (χ2n) is 7.18. The molecule has 3 atom stereocenters. The lowest BCUT2D eigenvalue weighted by Gasteiger charge is -2.19. The number of ether oxygens (including phenoxy) is 1. The maximum Gasteiger partial charge on any atom is 0.308 e. The Hall–Kier alpha value is -2.41. The van der Waals surface area contributed by atoms with Gasteiger partial charge in [-0.3, -0.25) is 24.1 Å². The molecule has 2 aliphatic rings. The number of esters is 1. The number of fused-ring (bicyclic) bond motifs is 1. The summed E-state index contributed by atoms with van der Waals surface area (Å²) in [4.78, 5) is 50.2. The van der Waals surface area contributed by atoms with Gasteiger partial charge in [0.15, 0.2) is 6.10 Å².